The van der Waals surface area contributed by atoms with E-state index in [0.29, 0.717) is 0 Å². The summed E-state index contributed by atoms with van der Waals surface area (Å²) in [6, 6.07) is 4.09. The van der Waals surface area contributed by atoms with Gasteiger partial charge in [0.25, 0.3) is 0 Å². The van der Waals surface area contributed by atoms with Crippen molar-refractivity contribution in [3.8, 4) is 0 Å². The van der Waals surface area contributed by atoms with E-state index in [-0.39, 0.29) is 5.41 Å². The van der Waals surface area contributed by atoms with Crippen molar-refractivity contribution >= 4 is 12.6 Å². The lowest BCUT2D eigenvalue weighted by atomic mass is 9.96. The fourth-order valence-electron chi connectivity index (χ4n) is 1.64. The summed E-state index contributed by atoms with van der Waals surface area (Å²) in [6.07, 6.45) is 3.73. The molecule has 0 radical (unpaired) electrons. The highest BCUT2D eigenvalue weighted by Crippen LogP contribution is 2.18. The minimum Gasteiger partial charge on any atom is -0.301 e. The second kappa shape index (κ2) is 5.52. The van der Waals surface area contributed by atoms with Crippen molar-refractivity contribution in [2.45, 2.75) is 20.4 Å². The number of pyridine rings is 1. The summed E-state index contributed by atoms with van der Waals surface area (Å²) in [5.74, 6) is 0.907. The molecule has 0 fully saturated rings. The van der Waals surface area contributed by atoms with Crippen LogP contribution in [0.2, 0.25) is 0 Å². The second-order valence-corrected chi connectivity index (χ2v) is 5.17. The number of nitrogens with zero attached hydrogens (tertiary/aromatic N) is 2. The lowest BCUT2D eigenvalue weighted by molar-refractivity contribution is 0.225. The van der Waals surface area contributed by atoms with Crippen molar-refractivity contribution in [3.05, 3.63) is 30.1 Å². The Hall–Kier alpha value is -0.540. The van der Waals surface area contributed by atoms with Gasteiger partial charge in [0.05, 0.1) is 0 Å². The standard InChI is InChI=1S/C12H20N2S/c1-12(2,10-15)9-14(3)8-11-5-4-6-13-7-11/h4-7,15H,8-10H2,1-3H3. The van der Waals surface area contributed by atoms with Crippen molar-refractivity contribution in [2.75, 3.05) is 19.3 Å². The molecule has 0 unspecified atom stereocenters. The summed E-state index contributed by atoms with van der Waals surface area (Å²) >= 11 is 4.36. The van der Waals surface area contributed by atoms with Gasteiger partial charge < -0.3 is 4.90 Å². The molecular weight excluding hydrogens is 204 g/mol. The maximum Gasteiger partial charge on any atom is 0.0312 e. The van der Waals surface area contributed by atoms with E-state index in [2.05, 4.69) is 49.5 Å². The molecule has 0 aliphatic heterocycles. The monoisotopic (exact) mass is 224 g/mol. The fraction of sp³-hybridized carbons (Fsp3) is 0.583. The van der Waals surface area contributed by atoms with Gasteiger partial charge in [-0.2, -0.15) is 12.6 Å². The van der Waals surface area contributed by atoms with E-state index in [1.54, 1.807) is 6.20 Å². The molecule has 0 aromatic carbocycles. The Kier molecular flexibility index (Phi) is 4.61. The smallest absolute Gasteiger partial charge is 0.0312 e. The van der Waals surface area contributed by atoms with Crippen LogP contribution < -0.4 is 0 Å². The highest BCUT2D eigenvalue weighted by Gasteiger charge is 2.17. The Morgan fingerprint density at radius 2 is 2.20 bits per heavy atom. The van der Waals surface area contributed by atoms with Crippen LogP contribution in [0.15, 0.2) is 24.5 Å². The lowest BCUT2D eigenvalue weighted by Crippen LogP contribution is -2.32. The summed E-state index contributed by atoms with van der Waals surface area (Å²) < 4.78 is 0. The number of hydrogen-bond donors (Lipinski definition) is 1. The third-order valence-electron chi connectivity index (χ3n) is 2.30. The minimum atomic E-state index is 0.264. The van der Waals surface area contributed by atoms with Crippen LogP contribution in [0.1, 0.15) is 19.4 Å². The van der Waals surface area contributed by atoms with Crippen molar-refractivity contribution < 1.29 is 0 Å². The molecule has 15 heavy (non-hydrogen) atoms. The zero-order valence-electron chi connectivity index (χ0n) is 9.77. The molecule has 0 aliphatic rings. The van der Waals surface area contributed by atoms with Gasteiger partial charge >= 0.3 is 0 Å². The van der Waals surface area contributed by atoms with Crippen LogP contribution in [0, 0.1) is 5.41 Å². The molecule has 0 atom stereocenters. The summed E-state index contributed by atoms with van der Waals surface area (Å²) in [5.41, 5.74) is 1.52. The van der Waals surface area contributed by atoms with Crippen LogP contribution in [-0.2, 0) is 6.54 Å². The van der Waals surface area contributed by atoms with Gasteiger partial charge in [0.2, 0.25) is 0 Å². The largest absolute Gasteiger partial charge is 0.301 e. The van der Waals surface area contributed by atoms with Crippen molar-refractivity contribution in [3.63, 3.8) is 0 Å². The number of rotatable bonds is 5. The van der Waals surface area contributed by atoms with E-state index in [9.17, 15) is 0 Å². The first-order valence-electron chi connectivity index (χ1n) is 5.22. The van der Waals surface area contributed by atoms with Crippen LogP contribution in [0.25, 0.3) is 0 Å². The zero-order valence-corrected chi connectivity index (χ0v) is 10.7. The first-order valence-corrected chi connectivity index (χ1v) is 5.85. The maximum absolute atomic E-state index is 4.36. The van der Waals surface area contributed by atoms with Crippen molar-refractivity contribution in [2.24, 2.45) is 5.41 Å². The summed E-state index contributed by atoms with van der Waals surface area (Å²) in [5, 5.41) is 0. The molecule has 0 saturated heterocycles. The maximum atomic E-state index is 4.36. The Balaban J connectivity index is 2.46. The van der Waals surface area contributed by atoms with Gasteiger partial charge in [-0.3, -0.25) is 4.98 Å². The molecule has 1 heterocycles. The first kappa shape index (κ1) is 12.5. The van der Waals surface area contributed by atoms with Gasteiger partial charge in [0.1, 0.15) is 0 Å². The predicted molar refractivity (Wildman–Crippen MR) is 68.2 cm³/mol. The summed E-state index contributed by atoms with van der Waals surface area (Å²) in [6.45, 7) is 6.47. The average molecular weight is 224 g/mol. The fourth-order valence-corrected chi connectivity index (χ4v) is 1.74. The molecule has 0 spiro atoms. The van der Waals surface area contributed by atoms with E-state index in [0.717, 1.165) is 18.8 Å². The topological polar surface area (TPSA) is 16.1 Å². The van der Waals surface area contributed by atoms with Crippen molar-refractivity contribution in [1.82, 2.24) is 9.88 Å². The molecule has 0 bridgehead atoms. The lowest BCUT2D eigenvalue weighted by Gasteiger charge is -2.28. The summed E-state index contributed by atoms with van der Waals surface area (Å²) in [4.78, 5) is 6.43. The van der Waals surface area contributed by atoms with Gasteiger partial charge in [-0.15, -0.1) is 0 Å². The Labute approximate surface area is 98.1 Å². The Bertz CT molecular complexity index is 285. The van der Waals surface area contributed by atoms with E-state index in [1.807, 2.05) is 12.3 Å². The van der Waals surface area contributed by atoms with Gasteiger partial charge in [-0.1, -0.05) is 19.9 Å². The molecule has 84 valence electrons. The molecule has 1 rings (SSSR count). The molecule has 0 amide bonds. The van der Waals surface area contributed by atoms with E-state index >= 15 is 0 Å². The highest BCUT2D eigenvalue weighted by atomic mass is 32.1. The van der Waals surface area contributed by atoms with Gasteiger partial charge in [-0.25, -0.2) is 0 Å². The molecule has 1 aromatic heterocycles. The third-order valence-corrected chi connectivity index (χ3v) is 3.16. The van der Waals surface area contributed by atoms with E-state index in [4.69, 9.17) is 0 Å². The molecular formula is C12H20N2S. The Morgan fingerprint density at radius 1 is 1.47 bits per heavy atom. The van der Waals surface area contributed by atoms with Crippen LogP contribution in [-0.4, -0.2) is 29.2 Å². The Morgan fingerprint density at radius 3 is 2.73 bits per heavy atom. The SMILES string of the molecule is CN(Cc1cccnc1)CC(C)(C)CS. The van der Waals surface area contributed by atoms with Crippen molar-refractivity contribution in [1.29, 1.82) is 0 Å². The molecule has 0 aliphatic carbocycles. The number of thiol groups is 1. The van der Waals surface area contributed by atoms with Crippen LogP contribution >= 0.6 is 12.6 Å². The van der Waals surface area contributed by atoms with E-state index in [1.165, 1.54) is 5.56 Å². The van der Waals surface area contributed by atoms with Gasteiger partial charge in [0, 0.05) is 25.5 Å². The molecule has 0 N–H and O–H groups in total. The number of aromatic nitrogens is 1. The number of hydrogen-bond acceptors (Lipinski definition) is 3. The molecule has 1 aromatic rings. The normalized spacial score (nSPS) is 12.1. The van der Waals surface area contributed by atoms with Crippen LogP contribution in [0.5, 0.6) is 0 Å². The summed E-state index contributed by atoms with van der Waals surface area (Å²) in [7, 11) is 2.14. The molecule has 3 heteroatoms. The van der Waals surface area contributed by atoms with Gasteiger partial charge in [0.15, 0.2) is 0 Å². The first-order chi connectivity index (χ1) is 7.03. The molecule has 0 saturated carbocycles. The second-order valence-electron chi connectivity index (χ2n) is 4.86. The van der Waals surface area contributed by atoms with E-state index < -0.39 is 0 Å². The third kappa shape index (κ3) is 4.67. The molecule has 2 nitrogen and oxygen atoms in total. The van der Waals surface area contributed by atoms with Crippen LogP contribution in [0.3, 0.4) is 0 Å². The zero-order chi connectivity index (χ0) is 11.3. The quantitative estimate of drug-likeness (QED) is 0.773. The van der Waals surface area contributed by atoms with Crippen LogP contribution in [0.4, 0.5) is 0 Å². The highest BCUT2D eigenvalue weighted by molar-refractivity contribution is 7.80. The average Bonchev–Trinajstić information content (AvgIpc) is 2.18. The van der Waals surface area contributed by atoms with Gasteiger partial charge in [-0.05, 0) is 29.8 Å². The predicted octanol–water partition coefficient (Wildman–Crippen LogP) is 2.47. The minimum absolute atomic E-state index is 0.264.